The third-order valence-corrected chi connectivity index (χ3v) is 11.1. The molecule has 1 fully saturated rings. The van der Waals surface area contributed by atoms with Crippen molar-refractivity contribution in [1.82, 2.24) is 8.61 Å². The van der Waals surface area contributed by atoms with E-state index in [0.29, 0.717) is 35.4 Å². The first-order valence-electron chi connectivity index (χ1n) is 13.5. The maximum Gasteiger partial charge on any atom is 0.416 e. The molecule has 3 aromatic rings. The molecule has 0 amide bonds. The van der Waals surface area contributed by atoms with Crippen molar-refractivity contribution >= 4 is 25.7 Å². The molecule has 3 aromatic carbocycles. The van der Waals surface area contributed by atoms with Crippen LogP contribution in [0, 0.1) is 0 Å². The zero-order valence-corrected chi connectivity index (χ0v) is 26.3. The Kier molecular flexibility index (Phi) is 10.0. The summed E-state index contributed by atoms with van der Waals surface area (Å²) in [6.07, 6.45) is -4.26. The Morgan fingerprint density at radius 3 is 2.02 bits per heavy atom. The molecule has 0 radical (unpaired) electrons. The number of rotatable bonds is 11. The fourth-order valence-corrected chi connectivity index (χ4v) is 7.51. The average molecular weight is 658 g/mol. The van der Waals surface area contributed by atoms with Crippen LogP contribution in [-0.2, 0) is 32.6 Å². The number of alkyl halides is 3. The second-order valence-corrected chi connectivity index (χ2v) is 14.0. The quantitative estimate of drug-likeness (QED) is 0.304. The Morgan fingerprint density at radius 1 is 0.773 bits per heavy atom. The maximum atomic E-state index is 13.5. The van der Waals surface area contributed by atoms with Crippen molar-refractivity contribution in [2.45, 2.75) is 22.4 Å². The molecule has 1 saturated heterocycles. The van der Waals surface area contributed by atoms with E-state index in [0.717, 1.165) is 28.1 Å². The number of piperazine rings is 1. The molecule has 44 heavy (non-hydrogen) atoms. The van der Waals surface area contributed by atoms with Gasteiger partial charge in [0.25, 0.3) is 0 Å². The van der Waals surface area contributed by atoms with Crippen molar-refractivity contribution in [2.75, 3.05) is 66.0 Å². The van der Waals surface area contributed by atoms with Crippen LogP contribution in [0.15, 0.2) is 70.5 Å². The smallest absolute Gasteiger partial charge is 0.416 e. The van der Waals surface area contributed by atoms with Gasteiger partial charge < -0.3 is 19.1 Å². The first-order chi connectivity index (χ1) is 20.7. The van der Waals surface area contributed by atoms with E-state index < -0.39 is 36.7 Å². The van der Waals surface area contributed by atoms with Gasteiger partial charge in [-0.15, -0.1) is 0 Å². The van der Waals surface area contributed by atoms with Crippen LogP contribution in [0.1, 0.15) is 11.1 Å². The fourth-order valence-electron chi connectivity index (χ4n) is 4.85. The van der Waals surface area contributed by atoms with Crippen LogP contribution in [0.5, 0.6) is 17.2 Å². The van der Waals surface area contributed by atoms with Crippen molar-refractivity contribution in [1.29, 1.82) is 0 Å². The summed E-state index contributed by atoms with van der Waals surface area (Å²) in [5.41, 5.74) is 0.268. The van der Waals surface area contributed by atoms with Gasteiger partial charge in [0.15, 0.2) is 11.5 Å². The summed E-state index contributed by atoms with van der Waals surface area (Å²) in [5.74, 6) is 1.50. The molecule has 10 nitrogen and oxygen atoms in total. The van der Waals surface area contributed by atoms with Crippen LogP contribution in [0.2, 0.25) is 0 Å². The third kappa shape index (κ3) is 7.06. The van der Waals surface area contributed by atoms with Crippen LogP contribution in [0.4, 0.5) is 18.9 Å². The number of ether oxygens (including phenoxy) is 3. The Morgan fingerprint density at radius 2 is 1.41 bits per heavy atom. The van der Waals surface area contributed by atoms with Crippen molar-refractivity contribution in [3.8, 4) is 17.2 Å². The summed E-state index contributed by atoms with van der Waals surface area (Å²) in [4.78, 5) is 1.38. The van der Waals surface area contributed by atoms with E-state index in [2.05, 4.69) is 0 Å². The van der Waals surface area contributed by atoms with Gasteiger partial charge in [0, 0.05) is 39.8 Å². The minimum atomic E-state index is -4.68. The van der Waals surface area contributed by atoms with Crippen molar-refractivity contribution in [2.24, 2.45) is 0 Å². The molecule has 1 aliphatic heterocycles. The van der Waals surface area contributed by atoms with Crippen LogP contribution in [-0.4, -0.2) is 86.5 Å². The maximum absolute atomic E-state index is 13.5. The van der Waals surface area contributed by atoms with E-state index in [1.807, 2.05) is 6.07 Å². The predicted octanol–water partition coefficient (Wildman–Crippen LogP) is 4.11. The fraction of sp³-hybridized carbons (Fsp3) is 0.379. The van der Waals surface area contributed by atoms with E-state index in [4.69, 9.17) is 14.2 Å². The molecule has 0 N–H and O–H groups in total. The Bertz CT molecular complexity index is 1690. The SMILES string of the molecule is COc1ccc(CCN(C)S(=O)(=O)c2ccc(OC)c(N3CCN(S(=O)(=O)c4cccc(C(F)(F)F)c4)CC3)c2)cc1OC. The van der Waals surface area contributed by atoms with Gasteiger partial charge in [0.1, 0.15) is 5.75 Å². The normalized spacial score (nSPS) is 15.0. The molecule has 15 heteroatoms. The number of nitrogens with zero attached hydrogens (tertiary/aromatic N) is 3. The highest BCUT2D eigenvalue weighted by atomic mass is 32.2. The highest BCUT2D eigenvalue weighted by Crippen LogP contribution is 2.35. The molecule has 0 spiro atoms. The monoisotopic (exact) mass is 657 g/mol. The second-order valence-electron chi connectivity index (χ2n) is 10.0. The summed E-state index contributed by atoms with van der Waals surface area (Å²) >= 11 is 0. The minimum Gasteiger partial charge on any atom is -0.495 e. The number of sulfonamides is 2. The van der Waals surface area contributed by atoms with Gasteiger partial charge in [-0.1, -0.05) is 12.1 Å². The molecule has 4 rings (SSSR count). The summed E-state index contributed by atoms with van der Waals surface area (Å²) in [6, 6.07) is 13.5. The molecule has 1 aliphatic rings. The van der Waals surface area contributed by atoms with Crippen molar-refractivity contribution in [3.63, 3.8) is 0 Å². The van der Waals surface area contributed by atoms with Crippen LogP contribution in [0.25, 0.3) is 0 Å². The molecule has 0 aromatic heterocycles. The van der Waals surface area contributed by atoms with Crippen LogP contribution in [0.3, 0.4) is 0 Å². The second kappa shape index (κ2) is 13.2. The summed E-state index contributed by atoms with van der Waals surface area (Å²) in [5, 5.41) is 0. The lowest BCUT2D eigenvalue weighted by molar-refractivity contribution is -0.137. The highest BCUT2D eigenvalue weighted by Gasteiger charge is 2.34. The zero-order chi connectivity index (χ0) is 32.3. The van der Waals surface area contributed by atoms with Gasteiger partial charge in [-0.05, 0) is 60.5 Å². The van der Waals surface area contributed by atoms with E-state index in [1.54, 1.807) is 17.0 Å². The number of hydrogen-bond acceptors (Lipinski definition) is 8. The average Bonchev–Trinajstić information content (AvgIpc) is 3.02. The molecule has 0 atom stereocenters. The lowest BCUT2D eigenvalue weighted by Gasteiger charge is -2.36. The molecule has 0 saturated carbocycles. The van der Waals surface area contributed by atoms with Gasteiger partial charge >= 0.3 is 6.18 Å². The van der Waals surface area contributed by atoms with Crippen molar-refractivity contribution in [3.05, 3.63) is 71.8 Å². The minimum absolute atomic E-state index is 0.0239. The van der Waals surface area contributed by atoms with Crippen LogP contribution < -0.4 is 19.1 Å². The van der Waals surface area contributed by atoms with E-state index in [1.165, 1.54) is 50.9 Å². The number of likely N-dealkylation sites (N-methyl/N-ethyl adjacent to an activating group) is 1. The number of benzene rings is 3. The van der Waals surface area contributed by atoms with Gasteiger partial charge in [-0.3, -0.25) is 0 Å². The highest BCUT2D eigenvalue weighted by molar-refractivity contribution is 7.89. The van der Waals surface area contributed by atoms with Gasteiger partial charge in [0.2, 0.25) is 20.0 Å². The Balaban J connectivity index is 1.49. The Hall–Kier alpha value is -3.53. The summed E-state index contributed by atoms with van der Waals surface area (Å²) in [6.45, 7) is 0.458. The lowest BCUT2D eigenvalue weighted by atomic mass is 10.1. The number of halogens is 3. The van der Waals surface area contributed by atoms with E-state index in [-0.39, 0.29) is 37.6 Å². The Labute approximate surface area is 255 Å². The molecule has 0 unspecified atom stereocenters. The molecular weight excluding hydrogens is 623 g/mol. The third-order valence-electron chi connectivity index (χ3n) is 7.40. The number of anilines is 1. The van der Waals surface area contributed by atoms with Gasteiger partial charge in [-0.2, -0.15) is 17.5 Å². The van der Waals surface area contributed by atoms with Gasteiger partial charge in [0.05, 0.1) is 42.4 Å². The molecular formula is C29H34F3N3O7S2. The molecule has 0 aliphatic carbocycles. The topological polar surface area (TPSA) is 106 Å². The predicted molar refractivity (Wildman–Crippen MR) is 158 cm³/mol. The first kappa shape index (κ1) is 33.4. The lowest BCUT2D eigenvalue weighted by Crippen LogP contribution is -2.48. The largest absolute Gasteiger partial charge is 0.495 e. The van der Waals surface area contributed by atoms with Gasteiger partial charge in [-0.25, -0.2) is 21.1 Å². The summed E-state index contributed by atoms with van der Waals surface area (Å²) in [7, 11) is -2.12. The van der Waals surface area contributed by atoms with Crippen LogP contribution >= 0.6 is 0 Å². The van der Waals surface area contributed by atoms with E-state index >= 15 is 0 Å². The molecule has 0 bridgehead atoms. The van der Waals surface area contributed by atoms with Crippen molar-refractivity contribution < 1.29 is 44.2 Å². The molecule has 1 heterocycles. The molecule has 240 valence electrons. The zero-order valence-electron chi connectivity index (χ0n) is 24.7. The number of hydrogen-bond donors (Lipinski definition) is 0. The van der Waals surface area contributed by atoms with E-state index in [9.17, 15) is 30.0 Å². The first-order valence-corrected chi connectivity index (χ1v) is 16.4. The number of methoxy groups -OCH3 is 3. The standard InChI is InChI=1S/C29H34F3N3O7S2/c1-33(13-12-21-8-10-27(41-3)28(18-21)42-4)43(36,37)24-9-11-26(40-2)25(20-24)34-14-16-35(17-15-34)44(38,39)23-7-5-6-22(19-23)29(30,31)32/h5-11,18-20H,12-17H2,1-4H3. The summed E-state index contributed by atoms with van der Waals surface area (Å²) < 4.78 is 111.